The van der Waals surface area contributed by atoms with Crippen LogP contribution in [0.1, 0.15) is 23.9 Å². The molecule has 1 N–H and O–H groups in total. The molecule has 3 aromatic rings. The van der Waals surface area contributed by atoms with Crippen molar-refractivity contribution in [2.75, 3.05) is 31.5 Å². The van der Waals surface area contributed by atoms with Crippen LogP contribution in [-0.2, 0) is 22.3 Å². The van der Waals surface area contributed by atoms with Crippen molar-refractivity contribution in [1.29, 1.82) is 0 Å². The van der Waals surface area contributed by atoms with Crippen LogP contribution < -0.4 is 5.32 Å². The summed E-state index contributed by atoms with van der Waals surface area (Å²) >= 11 is 0. The van der Waals surface area contributed by atoms with Gasteiger partial charge in [0.25, 0.3) is 0 Å². The number of benzene rings is 2. The Balaban J connectivity index is 1.28. The molecule has 1 saturated heterocycles. The first-order valence-electron chi connectivity index (χ1n) is 11.2. The van der Waals surface area contributed by atoms with Gasteiger partial charge in [-0.1, -0.05) is 29.4 Å². The van der Waals surface area contributed by atoms with Gasteiger partial charge in [0.05, 0.1) is 12.1 Å². The van der Waals surface area contributed by atoms with Gasteiger partial charge in [0.1, 0.15) is 0 Å². The highest BCUT2D eigenvalue weighted by Crippen LogP contribution is 2.31. The van der Waals surface area contributed by atoms with Gasteiger partial charge < -0.3 is 14.7 Å². The van der Waals surface area contributed by atoms with E-state index in [1.807, 2.05) is 17.0 Å². The number of carbonyl (C=O) groups excluding carboxylic acids is 2. The molecule has 0 unspecified atom stereocenters. The fourth-order valence-corrected chi connectivity index (χ4v) is 3.74. The van der Waals surface area contributed by atoms with E-state index < -0.39 is 11.7 Å². The number of halogens is 3. The van der Waals surface area contributed by atoms with Crippen molar-refractivity contribution in [3.63, 3.8) is 0 Å². The molecular weight excluding hydrogens is 475 g/mol. The highest BCUT2D eigenvalue weighted by atomic mass is 19.4. The number of amides is 2. The van der Waals surface area contributed by atoms with Crippen molar-refractivity contribution >= 4 is 23.6 Å². The summed E-state index contributed by atoms with van der Waals surface area (Å²) in [5, 5.41) is 6.50. The van der Waals surface area contributed by atoms with Crippen molar-refractivity contribution in [3.8, 4) is 11.4 Å². The standard InChI is InChI=1S/C25H24F3N5O3/c1-17(34)29-21-8-5-18(6-9-21)7-10-23(35)33-13-11-32(12-14-33)16-22-30-24(31-36-22)19-3-2-4-20(15-19)25(26,27)28/h2-10,15H,11-14,16H2,1H3,(H,29,34)/b10-7+. The summed E-state index contributed by atoms with van der Waals surface area (Å²) in [5.74, 6) is 0.137. The fraction of sp³-hybridized carbons (Fsp3) is 0.280. The number of aromatic nitrogens is 2. The van der Waals surface area contributed by atoms with Gasteiger partial charge in [-0.3, -0.25) is 14.5 Å². The second-order valence-electron chi connectivity index (χ2n) is 8.33. The minimum Gasteiger partial charge on any atom is -0.338 e. The minimum absolute atomic E-state index is 0.0974. The van der Waals surface area contributed by atoms with E-state index >= 15 is 0 Å². The fourth-order valence-electron chi connectivity index (χ4n) is 3.74. The second-order valence-corrected chi connectivity index (χ2v) is 8.33. The molecule has 11 heteroatoms. The summed E-state index contributed by atoms with van der Waals surface area (Å²) in [6.07, 6.45) is -1.21. The number of nitrogens with zero attached hydrogens (tertiary/aromatic N) is 4. The first-order chi connectivity index (χ1) is 17.2. The molecule has 1 aliphatic heterocycles. The van der Waals surface area contributed by atoms with E-state index in [9.17, 15) is 22.8 Å². The number of carbonyl (C=O) groups is 2. The van der Waals surface area contributed by atoms with Crippen LogP contribution in [0.15, 0.2) is 59.1 Å². The molecule has 1 fully saturated rings. The molecule has 188 valence electrons. The molecule has 36 heavy (non-hydrogen) atoms. The lowest BCUT2D eigenvalue weighted by molar-refractivity contribution is -0.137. The molecule has 8 nitrogen and oxygen atoms in total. The Bertz CT molecular complexity index is 1250. The van der Waals surface area contributed by atoms with Crippen molar-refractivity contribution in [2.24, 2.45) is 0 Å². The molecule has 0 radical (unpaired) electrons. The number of hydrogen-bond acceptors (Lipinski definition) is 6. The molecule has 0 bridgehead atoms. The first-order valence-corrected chi connectivity index (χ1v) is 11.2. The molecular formula is C25H24F3N5O3. The molecule has 1 aliphatic rings. The van der Waals surface area contributed by atoms with E-state index in [-0.39, 0.29) is 23.2 Å². The number of rotatable bonds is 6. The van der Waals surface area contributed by atoms with Crippen molar-refractivity contribution in [2.45, 2.75) is 19.6 Å². The van der Waals surface area contributed by atoms with E-state index in [1.165, 1.54) is 25.1 Å². The number of alkyl halides is 3. The zero-order valence-corrected chi connectivity index (χ0v) is 19.5. The SMILES string of the molecule is CC(=O)Nc1ccc(/C=C/C(=O)N2CCN(Cc3nc(-c4cccc(C(F)(F)F)c4)no3)CC2)cc1. The molecule has 2 aromatic carbocycles. The molecule has 0 saturated carbocycles. The molecule has 1 aromatic heterocycles. The van der Waals surface area contributed by atoms with Crippen molar-refractivity contribution in [3.05, 3.63) is 71.6 Å². The summed E-state index contributed by atoms with van der Waals surface area (Å²) in [6, 6.07) is 11.9. The van der Waals surface area contributed by atoms with Crippen LogP contribution in [0.4, 0.5) is 18.9 Å². The van der Waals surface area contributed by atoms with Gasteiger partial charge in [-0.05, 0) is 35.9 Å². The zero-order valence-electron chi connectivity index (χ0n) is 19.5. The quantitative estimate of drug-likeness (QED) is 0.514. The summed E-state index contributed by atoms with van der Waals surface area (Å²) in [6.45, 7) is 3.98. The van der Waals surface area contributed by atoms with Crippen LogP contribution in [0.25, 0.3) is 17.5 Å². The largest absolute Gasteiger partial charge is 0.416 e. The van der Waals surface area contributed by atoms with Gasteiger partial charge in [0.2, 0.25) is 23.5 Å². The topological polar surface area (TPSA) is 91.6 Å². The number of anilines is 1. The molecule has 0 spiro atoms. The Hall–Kier alpha value is -3.99. The van der Waals surface area contributed by atoms with Crippen LogP contribution in [0.5, 0.6) is 0 Å². The summed E-state index contributed by atoms with van der Waals surface area (Å²) in [5.41, 5.74) is 0.976. The van der Waals surface area contributed by atoms with Gasteiger partial charge >= 0.3 is 6.18 Å². The summed E-state index contributed by atoms with van der Waals surface area (Å²) in [7, 11) is 0. The van der Waals surface area contributed by atoms with Gasteiger partial charge in [-0.2, -0.15) is 18.2 Å². The average molecular weight is 499 g/mol. The second kappa shape index (κ2) is 10.7. The third kappa shape index (κ3) is 6.57. The highest BCUT2D eigenvalue weighted by Gasteiger charge is 2.31. The number of nitrogens with one attached hydrogen (secondary N) is 1. The maximum Gasteiger partial charge on any atom is 0.416 e. The summed E-state index contributed by atoms with van der Waals surface area (Å²) in [4.78, 5) is 31.7. The lowest BCUT2D eigenvalue weighted by atomic mass is 10.1. The molecule has 2 heterocycles. The van der Waals surface area contributed by atoms with Crippen molar-refractivity contribution < 1.29 is 27.3 Å². The third-order valence-corrected chi connectivity index (χ3v) is 5.61. The number of hydrogen-bond donors (Lipinski definition) is 1. The van der Waals surface area contributed by atoms with Gasteiger partial charge in [0, 0.05) is 50.4 Å². The average Bonchev–Trinajstić information content (AvgIpc) is 3.31. The first kappa shape index (κ1) is 25.1. The summed E-state index contributed by atoms with van der Waals surface area (Å²) < 4.78 is 44.1. The predicted octanol–water partition coefficient (Wildman–Crippen LogP) is 4.07. The van der Waals surface area contributed by atoms with Crippen molar-refractivity contribution in [1.82, 2.24) is 19.9 Å². The molecule has 4 rings (SSSR count). The van der Waals surface area contributed by atoms with Crippen LogP contribution in [0.3, 0.4) is 0 Å². The maximum absolute atomic E-state index is 13.0. The van der Waals surface area contributed by atoms with Gasteiger partial charge in [-0.25, -0.2) is 0 Å². The zero-order chi connectivity index (χ0) is 25.7. The molecule has 2 amide bonds. The Morgan fingerprint density at radius 2 is 1.81 bits per heavy atom. The molecule has 0 aliphatic carbocycles. The van der Waals surface area contributed by atoms with Crippen LogP contribution in [0, 0.1) is 0 Å². The lowest BCUT2D eigenvalue weighted by Crippen LogP contribution is -2.47. The van der Waals surface area contributed by atoms with Gasteiger partial charge in [0.15, 0.2) is 0 Å². The van der Waals surface area contributed by atoms with Crippen LogP contribution in [-0.4, -0.2) is 57.9 Å². The predicted molar refractivity (Wildman–Crippen MR) is 126 cm³/mol. The van der Waals surface area contributed by atoms with E-state index in [1.54, 1.807) is 23.1 Å². The van der Waals surface area contributed by atoms with E-state index in [2.05, 4.69) is 15.5 Å². The van der Waals surface area contributed by atoms with Gasteiger partial charge in [-0.15, -0.1) is 0 Å². The van der Waals surface area contributed by atoms with Crippen LogP contribution >= 0.6 is 0 Å². The Morgan fingerprint density at radius 1 is 1.08 bits per heavy atom. The van der Waals surface area contributed by atoms with E-state index in [0.29, 0.717) is 44.3 Å². The smallest absolute Gasteiger partial charge is 0.338 e. The number of piperazine rings is 1. The molecule has 0 atom stereocenters. The normalized spacial score (nSPS) is 14.8. The van der Waals surface area contributed by atoms with E-state index in [4.69, 9.17) is 4.52 Å². The third-order valence-electron chi connectivity index (χ3n) is 5.61. The highest BCUT2D eigenvalue weighted by molar-refractivity contribution is 5.92. The Labute approximate surface area is 205 Å². The lowest BCUT2D eigenvalue weighted by Gasteiger charge is -2.33. The Kier molecular flexibility index (Phi) is 7.49. The Morgan fingerprint density at radius 3 is 2.47 bits per heavy atom. The monoisotopic (exact) mass is 499 g/mol. The van der Waals surface area contributed by atoms with Crippen LogP contribution in [0.2, 0.25) is 0 Å². The maximum atomic E-state index is 13.0. The van der Waals surface area contributed by atoms with E-state index in [0.717, 1.165) is 17.7 Å². The minimum atomic E-state index is -4.45.